The van der Waals surface area contributed by atoms with Crippen molar-refractivity contribution in [1.29, 1.82) is 0 Å². The number of amides is 1. The van der Waals surface area contributed by atoms with Gasteiger partial charge in [0.25, 0.3) is 0 Å². The maximum absolute atomic E-state index is 12.3. The van der Waals surface area contributed by atoms with Crippen LogP contribution in [-0.2, 0) is 4.79 Å². The largest absolute Gasteiger partial charge is 0.387 e. The summed E-state index contributed by atoms with van der Waals surface area (Å²) in [5.41, 5.74) is 0.427. The smallest absolute Gasteiger partial charge is 0.228 e. The number of benzene rings is 1. The van der Waals surface area contributed by atoms with Gasteiger partial charge in [0.05, 0.1) is 6.10 Å². The lowest BCUT2D eigenvalue weighted by Gasteiger charge is -2.38. The minimum Gasteiger partial charge on any atom is -0.387 e. The molecule has 1 aromatic rings. The maximum Gasteiger partial charge on any atom is 0.228 e. The van der Waals surface area contributed by atoms with Crippen LogP contribution in [0.1, 0.15) is 32.4 Å². The molecule has 122 valence electrons. The summed E-state index contributed by atoms with van der Waals surface area (Å²) in [7, 11) is 0. The Morgan fingerprint density at radius 1 is 1.23 bits per heavy atom. The highest BCUT2D eigenvalue weighted by Crippen LogP contribution is 2.24. The molecule has 1 aliphatic rings. The number of carbonyl (C=O) groups is 1. The van der Waals surface area contributed by atoms with Crippen molar-refractivity contribution < 1.29 is 9.90 Å². The average Bonchev–Trinajstić information content (AvgIpc) is 2.46. The van der Waals surface area contributed by atoms with Crippen molar-refractivity contribution in [2.45, 2.75) is 26.9 Å². The van der Waals surface area contributed by atoms with Gasteiger partial charge in [-0.2, -0.15) is 0 Å². The Morgan fingerprint density at radius 3 is 2.36 bits per heavy atom. The minimum atomic E-state index is -0.599. The van der Waals surface area contributed by atoms with Gasteiger partial charge in [-0.3, -0.25) is 9.69 Å². The molecular formula is C17H25ClN2O2. The van der Waals surface area contributed by atoms with Gasteiger partial charge in [-0.25, -0.2) is 0 Å². The standard InChI is InChI=1S/C17H25ClN2O2/c1-17(2,3)16(22)20-10-8-19(9-11-20)12-15(21)13-6-4-5-7-14(13)18/h4-7,15,21H,8-12H2,1-3H3. The molecule has 1 heterocycles. The van der Waals surface area contributed by atoms with Gasteiger partial charge in [0.2, 0.25) is 5.91 Å². The molecule has 1 saturated heterocycles. The van der Waals surface area contributed by atoms with E-state index < -0.39 is 6.10 Å². The van der Waals surface area contributed by atoms with E-state index in [2.05, 4.69) is 4.90 Å². The van der Waals surface area contributed by atoms with Crippen molar-refractivity contribution in [2.75, 3.05) is 32.7 Å². The number of piperazine rings is 1. The second-order valence-corrected chi connectivity index (χ2v) is 7.29. The highest BCUT2D eigenvalue weighted by Gasteiger charge is 2.30. The van der Waals surface area contributed by atoms with E-state index in [1.165, 1.54) is 0 Å². The first-order valence-corrected chi connectivity index (χ1v) is 8.11. The van der Waals surface area contributed by atoms with Crippen LogP contribution in [-0.4, -0.2) is 53.5 Å². The molecule has 0 bridgehead atoms. The monoisotopic (exact) mass is 324 g/mol. The quantitative estimate of drug-likeness (QED) is 0.929. The molecule has 1 atom stereocenters. The molecule has 1 fully saturated rings. The predicted molar refractivity (Wildman–Crippen MR) is 88.9 cm³/mol. The van der Waals surface area contributed by atoms with Crippen LogP contribution in [0.2, 0.25) is 5.02 Å². The van der Waals surface area contributed by atoms with E-state index in [-0.39, 0.29) is 11.3 Å². The molecular weight excluding hydrogens is 300 g/mol. The fraction of sp³-hybridized carbons (Fsp3) is 0.588. The molecule has 0 saturated carbocycles. The number of hydrogen-bond acceptors (Lipinski definition) is 3. The molecule has 1 aliphatic heterocycles. The van der Waals surface area contributed by atoms with E-state index in [0.717, 1.165) is 18.7 Å². The third-order valence-electron chi connectivity index (χ3n) is 4.00. The van der Waals surface area contributed by atoms with Crippen LogP contribution in [0.15, 0.2) is 24.3 Å². The molecule has 1 N–H and O–H groups in total. The number of carbonyl (C=O) groups excluding carboxylic acids is 1. The van der Waals surface area contributed by atoms with E-state index in [1.807, 2.05) is 43.9 Å². The van der Waals surface area contributed by atoms with Crippen LogP contribution in [0.3, 0.4) is 0 Å². The van der Waals surface area contributed by atoms with Crippen molar-refractivity contribution in [2.24, 2.45) is 5.41 Å². The predicted octanol–water partition coefficient (Wildman–Crippen LogP) is 2.56. The first-order chi connectivity index (χ1) is 10.3. The van der Waals surface area contributed by atoms with Gasteiger partial charge in [0, 0.05) is 48.7 Å². The Morgan fingerprint density at radius 2 is 1.82 bits per heavy atom. The summed E-state index contributed by atoms with van der Waals surface area (Å²) in [6.45, 7) is 9.37. The second kappa shape index (κ2) is 6.99. The first-order valence-electron chi connectivity index (χ1n) is 7.73. The van der Waals surface area contributed by atoms with E-state index in [9.17, 15) is 9.90 Å². The highest BCUT2D eigenvalue weighted by atomic mass is 35.5. The highest BCUT2D eigenvalue weighted by molar-refractivity contribution is 6.31. The molecule has 22 heavy (non-hydrogen) atoms. The molecule has 1 aromatic carbocycles. The summed E-state index contributed by atoms with van der Waals surface area (Å²) in [6, 6.07) is 7.38. The Balaban J connectivity index is 1.88. The summed E-state index contributed by atoms with van der Waals surface area (Å²) in [4.78, 5) is 16.4. The van der Waals surface area contributed by atoms with Gasteiger partial charge in [0.1, 0.15) is 0 Å². The molecule has 1 unspecified atom stereocenters. The zero-order chi connectivity index (χ0) is 16.3. The van der Waals surface area contributed by atoms with Gasteiger partial charge < -0.3 is 10.0 Å². The Bertz CT molecular complexity index is 520. The zero-order valence-corrected chi connectivity index (χ0v) is 14.3. The van der Waals surface area contributed by atoms with Gasteiger partial charge >= 0.3 is 0 Å². The molecule has 1 amide bonds. The lowest BCUT2D eigenvalue weighted by atomic mass is 9.94. The minimum absolute atomic E-state index is 0.193. The van der Waals surface area contributed by atoms with Crippen LogP contribution in [0, 0.1) is 5.41 Å². The van der Waals surface area contributed by atoms with Gasteiger partial charge in [0.15, 0.2) is 0 Å². The summed E-state index contributed by atoms with van der Waals surface area (Å²) in [6.07, 6.45) is -0.599. The van der Waals surface area contributed by atoms with E-state index in [4.69, 9.17) is 11.6 Å². The van der Waals surface area contributed by atoms with Gasteiger partial charge in [-0.15, -0.1) is 0 Å². The number of halogens is 1. The summed E-state index contributed by atoms with van der Waals surface area (Å²) < 4.78 is 0. The Labute approximate surface area is 137 Å². The lowest BCUT2D eigenvalue weighted by molar-refractivity contribution is -0.141. The van der Waals surface area contributed by atoms with Gasteiger partial charge in [-0.1, -0.05) is 50.6 Å². The summed E-state index contributed by atoms with van der Waals surface area (Å²) in [5, 5.41) is 10.9. The average molecular weight is 325 g/mol. The SMILES string of the molecule is CC(C)(C)C(=O)N1CCN(CC(O)c2ccccc2Cl)CC1. The van der Waals surface area contributed by atoms with Crippen molar-refractivity contribution in [3.05, 3.63) is 34.9 Å². The number of hydrogen-bond donors (Lipinski definition) is 1. The molecule has 5 heteroatoms. The molecule has 2 rings (SSSR count). The number of rotatable bonds is 3. The van der Waals surface area contributed by atoms with E-state index in [1.54, 1.807) is 6.07 Å². The lowest BCUT2D eigenvalue weighted by Crippen LogP contribution is -2.52. The van der Waals surface area contributed by atoms with Crippen molar-refractivity contribution >= 4 is 17.5 Å². The molecule has 0 radical (unpaired) electrons. The van der Waals surface area contributed by atoms with Crippen LogP contribution >= 0.6 is 11.6 Å². The van der Waals surface area contributed by atoms with Crippen molar-refractivity contribution in [3.8, 4) is 0 Å². The molecule has 4 nitrogen and oxygen atoms in total. The van der Waals surface area contributed by atoms with Crippen LogP contribution in [0.5, 0.6) is 0 Å². The zero-order valence-electron chi connectivity index (χ0n) is 13.6. The first kappa shape index (κ1) is 17.3. The van der Waals surface area contributed by atoms with Crippen molar-refractivity contribution in [3.63, 3.8) is 0 Å². The third-order valence-corrected chi connectivity index (χ3v) is 4.34. The fourth-order valence-corrected chi connectivity index (χ4v) is 2.96. The van der Waals surface area contributed by atoms with Crippen LogP contribution in [0.4, 0.5) is 0 Å². The number of aliphatic hydroxyl groups excluding tert-OH is 1. The maximum atomic E-state index is 12.3. The molecule has 0 aliphatic carbocycles. The number of β-amino-alcohol motifs (C(OH)–C–C–N with tert-alkyl or cyclic N) is 1. The normalized spacial score (nSPS) is 18.3. The van der Waals surface area contributed by atoms with Crippen LogP contribution in [0.25, 0.3) is 0 Å². The molecule has 0 spiro atoms. The number of nitrogens with zero attached hydrogens (tertiary/aromatic N) is 2. The second-order valence-electron chi connectivity index (χ2n) is 6.88. The van der Waals surface area contributed by atoms with E-state index in [0.29, 0.717) is 24.7 Å². The van der Waals surface area contributed by atoms with Gasteiger partial charge in [-0.05, 0) is 6.07 Å². The van der Waals surface area contributed by atoms with Crippen LogP contribution < -0.4 is 0 Å². The number of aliphatic hydroxyl groups is 1. The van der Waals surface area contributed by atoms with Crippen molar-refractivity contribution in [1.82, 2.24) is 9.80 Å². The Hall–Kier alpha value is -1.10. The Kier molecular flexibility index (Phi) is 5.48. The fourth-order valence-electron chi connectivity index (χ4n) is 2.70. The molecule has 0 aromatic heterocycles. The topological polar surface area (TPSA) is 43.8 Å². The summed E-state index contributed by atoms with van der Waals surface area (Å²) >= 11 is 6.12. The van der Waals surface area contributed by atoms with E-state index >= 15 is 0 Å². The third kappa shape index (κ3) is 4.22. The summed E-state index contributed by atoms with van der Waals surface area (Å²) in [5.74, 6) is 0.193.